The fourth-order valence-corrected chi connectivity index (χ4v) is 11.3. The van der Waals surface area contributed by atoms with E-state index in [4.69, 9.17) is 9.40 Å². The molecule has 6 heteroatoms. The Morgan fingerprint density at radius 1 is 0.567 bits per heavy atom. The summed E-state index contributed by atoms with van der Waals surface area (Å²) in [6.45, 7) is 9.19. The van der Waals surface area contributed by atoms with Crippen LogP contribution in [0.25, 0.3) is 94.3 Å². The van der Waals surface area contributed by atoms with E-state index in [0.29, 0.717) is 0 Å². The molecule has 11 rings (SSSR count). The number of imidazole rings is 1. The van der Waals surface area contributed by atoms with Crippen LogP contribution in [0.5, 0.6) is 0 Å². The van der Waals surface area contributed by atoms with Crippen LogP contribution in [0, 0.1) is 12.1 Å². The zero-order chi connectivity index (χ0) is 45.5. The summed E-state index contributed by atoms with van der Waals surface area (Å²) in [7, 11) is 0. The smallest absolute Gasteiger partial charge is 0 e. The van der Waals surface area contributed by atoms with Gasteiger partial charge in [0, 0.05) is 36.6 Å². The average Bonchev–Trinajstić information content (AvgIpc) is 3.93. The van der Waals surface area contributed by atoms with Crippen molar-refractivity contribution in [2.45, 2.75) is 56.8 Å². The third-order valence-electron chi connectivity index (χ3n) is 12.7. The monoisotopic (exact) mass is 1110 g/mol. The van der Waals surface area contributed by atoms with E-state index < -0.39 is 13.3 Å². The van der Waals surface area contributed by atoms with Gasteiger partial charge in [-0.25, -0.2) is 0 Å². The molecule has 0 N–H and O–H groups in total. The van der Waals surface area contributed by atoms with Crippen LogP contribution in [-0.4, -0.2) is 27.8 Å². The van der Waals surface area contributed by atoms with Crippen molar-refractivity contribution in [3.05, 3.63) is 205 Å². The number of aromatic nitrogens is 3. The molecule has 4 nitrogen and oxygen atoms in total. The second kappa shape index (κ2) is 19.1. The molecule has 11 aromatic rings. The summed E-state index contributed by atoms with van der Waals surface area (Å²) >= 11 is -1.72. The molecule has 1 radical (unpaired) electrons. The third-order valence-corrected chi connectivity index (χ3v) is 16.9. The van der Waals surface area contributed by atoms with E-state index in [1.165, 1.54) is 43.1 Å². The van der Waals surface area contributed by atoms with E-state index in [0.717, 1.165) is 66.7 Å². The fraction of sp³-hybridized carbons (Fsp3) is 0.148. The van der Waals surface area contributed by atoms with Crippen molar-refractivity contribution in [1.29, 1.82) is 0 Å². The first-order valence-electron chi connectivity index (χ1n) is 23.0. The molecule has 67 heavy (non-hydrogen) atoms. The maximum Gasteiger partial charge on any atom is 0 e. The zero-order valence-electron chi connectivity index (χ0n) is 39.1. The largest absolute Gasteiger partial charge is 0 e. The van der Waals surface area contributed by atoms with Crippen molar-refractivity contribution in [2.75, 3.05) is 0 Å². The molecule has 0 fully saturated rings. The van der Waals surface area contributed by atoms with Gasteiger partial charge >= 0.3 is 99.8 Å². The summed E-state index contributed by atoms with van der Waals surface area (Å²) in [5.41, 5.74) is 15.1. The van der Waals surface area contributed by atoms with Crippen molar-refractivity contribution < 1.29 is 24.5 Å². The van der Waals surface area contributed by atoms with Crippen molar-refractivity contribution in [3.63, 3.8) is 0 Å². The zero-order valence-corrected chi connectivity index (χ0v) is 43.6. The van der Waals surface area contributed by atoms with Crippen LogP contribution >= 0.6 is 0 Å². The second-order valence-electron chi connectivity index (χ2n) is 18.8. The van der Waals surface area contributed by atoms with Crippen LogP contribution in [0.2, 0.25) is 17.3 Å². The van der Waals surface area contributed by atoms with Gasteiger partial charge in [-0.3, -0.25) is 4.98 Å². The molecule has 0 aliphatic heterocycles. The molecular formula is C61H53GeIrN3O-2. The van der Waals surface area contributed by atoms with E-state index in [-0.39, 0.29) is 31.9 Å². The maximum atomic E-state index is 6.82. The Morgan fingerprint density at radius 2 is 1.24 bits per heavy atom. The number of fused-ring (bicyclic) bond motifs is 6. The van der Waals surface area contributed by atoms with Crippen LogP contribution in [0.15, 0.2) is 187 Å². The van der Waals surface area contributed by atoms with E-state index in [2.05, 4.69) is 206 Å². The first kappa shape index (κ1) is 45.8. The molecule has 0 aliphatic carbocycles. The molecule has 0 amide bonds. The summed E-state index contributed by atoms with van der Waals surface area (Å²) in [4.78, 5) is 9.98. The van der Waals surface area contributed by atoms with Crippen LogP contribution in [-0.2, 0) is 20.1 Å². The topological polar surface area (TPSA) is 43.9 Å². The van der Waals surface area contributed by atoms with Crippen LogP contribution in [0.1, 0.15) is 50.7 Å². The summed E-state index contributed by atoms with van der Waals surface area (Å²) in [6.07, 6.45) is 2.04. The number of furan rings is 1. The Hall–Kier alpha value is -6.37. The van der Waals surface area contributed by atoms with E-state index >= 15 is 0 Å². The van der Waals surface area contributed by atoms with Gasteiger partial charge in [0.15, 0.2) is 0 Å². The minimum Gasteiger partial charge on any atom is 0 e. The molecule has 0 saturated carbocycles. The molecule has 0 saturated heterocycles. The molecule has 333 valence electrons. The minimum absolute atomic E-state index is 0. The molecule has 8 aromatic carbocycles. The van der Waals surface area contributed by atoms with E-state index in [1.54, 1.807) is 0 Å². The molecule has 0 bridgehead atoms. The van der Waals surface area contributed by atoms with Crippen molar-refractivity contribution >= 4 is 61.4 Å². The molecule has 0 unspecified atom stereocenters. The van der Waals surface area contributed by atoms with Gasteiger partial charge in [0.2, 0.25) is 0 Å². The Labute approximate surface area is 410 Å². The predicted octanol–water partition coefficient (Wildman–Crippen LogP) is 16.2. The number of rotatable bonds is 8. The number of hydrogen-bond acceptors (Lipinski definition) is 3. The first-order valence-corrected chi connectivity index (χ1v) is 30.4. The number of hydrogen-bond donors (Lipinski definition) is 0. The number of pyridine rings is 1. The van der Waals surface area contributed by atoms with Gasteiger partial charge in [-0.1, -0.05) is 142 Å². The van der Waals surface area contributed by atoms with Gasteiger partial charge < -0.3 is 8.98 Å². The molecule has 0 atom stereocenters. The fourth-order valence-electron chi connectivity index (χ4n) is 9.11. The number of nitrogens with zero attached hydrogens (tertiary/aromatic N) is 3. The minimum atomic E-state index is -1.72. The predicted molar refractivity (Wildman–Crippen MR) is 281 cm³/mol. The van der Waals surface area contributed by atoms with Gasteiger partial charge in [-0.05, 0) is 74.9 Å². The average molecular weight is 1110 g/mol. The van der Waals surface area contributed by atoms with Crippen LogP contribution in [0.4, 0.5) is 0 Å². The van der Waals surface area contributed by atoms with Crippen LogP contribution < -0.4 is 4.40 Å². The van der Waals surface area contributed by atoms with Gasteiger partial charge in [-0.15, -0.1) is 18.2 Å². The normalized spacial score (nSPS) is 11.7. The second-order valence-corrected chi connectivity index (χ2v) is 29.5. The van der Waals surface area contributed by atoms with E-state index in [1.807, 2.05) is 42.6 Å². The number of benzene rings is 8. The van der Waals surface area contributed by atoms with Crippen molar-refractivity contribution in [1.82, 2.24) is 14.5 Å². The van der Waals surface area contributed by atoms with Crippen molar-refractivity contribution in [3.8, 4) is 50.6 Å². The van der Waals surface area contributed by atoms with E-state index in [9.17, 15) is 0 Å². The maximum absolute atomic E-state index is 6.82. The summed E-state index contributed by atoms with van der Waals surface area (Å²) < 4.78 is 10.7. The van der Waals surface area contributed by atoms with Crippen molar-refractivity contribution in [2.24, 2.45) is 0 Å². The Balaban J connectivity index is 0.000000281. The van der Waals surface area contributed by atoms with Gasteiger partial charge in [0.1, 0.15) is 5.58 Å². The Morgan fingerprint density at radius 3 is 1.88 bits per heavy atom. The molecule has 3 aromatic heterocycles. The summed E-state index contributed by atoms with van der Waals surface area (Å²) in [5.74, 6) is 8.49. The first-order chi connectivity index (χ1) is 32.0. The van der Waals surface area contributed by atoms with Gasteiger partial charge in [0.05, 0.1) is 22.4 Å². The molecule has 0 spiro atoms. The molecule has 0 aliphatic rings. The standard InChI is InChI=1S/C47H37N2O.C14H16GeN.Ir/c1-29(2)40-26-35(32-16-9-6-10-17-32)27-41(30(3)4)44(40)49-45-36-19-12-11-18-33(36)23-25-42(45)48-47(49)39-21-13-20-38-37-24-22-34(28-43(37)50-46(38)39)31-14-7-5-8-15-31;1-15(2,3)13-9-10-14(16-11-13)12-7-5-4-6-8-12;/h5-20,22-30H,1-4H3;4-7,9-11H,1-3H3;/q2*-1;. The molecule has 3 heterocycles. The Bertz CT molecular complexity index is 3470. The van der Waals surface area contributed by atoms with Crippen LogP contribution in [0.3, 0.4) is 0 Å². The summed E-state index contributed by atoms with van der Waals surface area (Å²) in [5, 5.41) is 4.50. The molecular weight excluding hydrogens is 1060 g/mol. The van der Waals surface area contributed by atoms with Gasteiger partial charge in [-0.2, -0.15) is 0 Å². The summed E-state index contributed by atoms with van der Waals surface area (Å²) in [6, 6.07) is 68.7. The SMILES string of the molecule is CC(C)c1cc(-c2ccccc2)cc(C(C)C)c1-n1c(-c2[c-]ccc3c2oc2cc(-c4ccccc4)ccc23)nc2ccc3ccccc3c21.[CH3][Ge]([CH3])([CH3])[c]1ccc(-c2[c-]cccc2)nc1.[Ir]. The quantitative estimate of drug-likeness (QED) is 0.112. The third kappa shape index (κ3) is 8.97. The van der Waals surface area contributed by atoms with Gasteiger partial charge in [0.25, 0.3) is 0 Å². The Kier molecular flexibility index (Phi) is 13.0.